The van der Waals surface area contributed by atoms with Crippen LogP contribution in [0.15, 0.2) is 46.0 Å². The zero-order valence-corrected chi connectivity index (χ0v) is 22.2. The van der Waals surface area contributed by atoms with E-state index in [0.29, 0.717) is 18.1 Å². The van der Waals surface area contributed by atoms with Gasteiger partial charge in [0, 0.05) is 21.9 Å². The molecule has 1 aliphatic carbocycles. The monoisotopic (exact) mass is 541 g/mol. The molecule has 1 saturated carbocycles. The topological polar surface area (TPSA) is 95.1 Å². The van der Waals surface area contributed by atoms with Gasteiger partial charge in [0.05, 0.1) is 18.3 Å². The van der Waals surface area contributed by atoms with Crippen LogP contribution < -0.4 is 0 Å². The van der Waals surface area contributed by atoms with Gasteiger partial charge in [0.2, 0.25) is 0 Å². The van der Waals surface area contributed by atoms with Gasteiger partial charge in [0.15, 0.2) is 0 Å². The molecule has 0 bridgehead atoms. The third-order valence-electron chi connectivity index (χ3n) is 8.23. The van der Waals surface area contributed by atoms with Crippen molar-refractivity contribution in [2.45, 2.75) is 59.5 Å². The molecule has 3 heterocycles. The van der Waals surface area contributed by atoms with Crippen molar-refractivity contribution in [3.8, 4) is 0 Å². The summed E-state index contributed by atoms with van der Waals surface area (Å²) in [6.45, 7) is 8.62. The second-order valence-corrected chi connectivity index (χ2v) is 12.2. The summed E-state index contributed by atoms with van der Waals surface area (Å²) in [4.78, 5) is 25.5. The highest BCUT2D eigenvalue weighted by molar-refractivity contribution is 9.10. The minimum atomic E-state index is -1.35. The molecule has 0 amide bonds. The fraction of sp³-hybridized carbons (Fsp3) is 0.519. The van der Waals surface area contributed by atoms with Crippen LogP contribution in [0.2, 0.25) is 0 Å². The Morgan fingerprint density at radius 3 is 2.46 bits per heavy atom. The molecule has 1 aromatic heterocycles. The van der Waals surface area contributed by atoms with Crippen LogP contribution in [0, 0.1) is 22.2 Å². The zero-order chi connectivity index (χ0) is 25.3. The molecule has 2 aromatic rings. The summed E-state index contributed by atoms with van der Waals surface area (Å²) >= 11 is 3.59. The quantitative estimate of drug-likeness (QED) is 0.479. The number of hydrazone groups is 1. The molecule has 0 spiro atoms. The number of aliphatic carboxylic acids is 2. The van der Waals surface area contributed by atoms with Gasteiger partial charge in [0.25, 0.3) is 0 Å². The van der Waals surface area contributed by atoms with Gasteiger partial charge < -0.3 is 14.8 Å². The Morgan fingerprint density at radius 1 is 1.17 bits per heavy atom. The SMILES string of the molecule is CCC1(C(=O)O)C=CC2N(C1)N=C(c1cc3ccc(Br)cc3n1CC1CC1)C2(C(=O)O)C(C)(C)C. The Kier molecular flexibility index (Phi) is 5.47. The minimum absolute atomic E-state index is 0.142. The van der Waals surface area contributed by atoms with Crippen molar-refractivity contribution >= 4 is 44.5 Å². The summed E-state index contributed by atoms with van der Waals surface area (Å²) in [5.74, 6) is -1.28. The molecule has 5 rings (SSSR count). The van der Waals surface area contributed by atoms with Crippen LogP contribution in [-0.2, 0) is 16.1 Å². The molecule has 186 valence electrons. The number of fused-ring (bicyclic) bond motifs is 2. The third kappa shape index (κ3) is 3.47. The molecule has 1 aromatic carbocycles. The van der Waals surface area contributed by atoms with E-state index >= 15 is 0 Å². The Labute approximate surface area is 213 Å². The maximum absolute atomic E-state index is 13.3. The van der Waals surface area contributed by atoms with Crippen molar-refractivity contribution in [2.24, 2.45) is 27.3 Å². The number of benzene rings is 1. The van der Waals surface area contributed by atoms with Gasteiger partial charge in [-0.15, -0.1) is 0 Å². The number of carboxylic acids is 2. The molecule has 3 unspecified atom stereocenters. The van der Waals surface area contributed by atoms with E-state index in [1.54, 1.807) is 17.2 Å². The molecular formula is C27H32BrN3O4. The normalized spacial score (nSPS) is 28.3. The molecule has 1 fully saturated rings. The smallest absolute Gasteiger partial charge is 0.318 e. The van der Waals surface area contributed by atoms with Gasteiger partial charge in [0.1, 0.15) is 16.5 Å². The van der Waals surface area contributed by atoms with Gasteiger partial charge in [-0.3, -0.25) is 14.6 Å². The number of hydrogen-bond donors (Lipinski definition) is 2. The highest BCUT2D eigenvalue weighted by Gasteiger charge is 2.65. The number of rotatable bonds is 6. The lowest BCUT2D eigenvalue weighted by Crippen LogP contribution is -2.59. The van der Waals surface area contributed by atoms with E-state index in [-0.39, 0.29) is 6.54 Å². The largest absolute Gasteiger partial charge is 0.481 e. The van der Waals surface area contributed by atoms with Gasteiger partial charge >= 0.3 is 11.9 Å². The highest BCUT2D eigenvalue weighted by atomic mass is 79.9. The van der Waals surface area contributed by atoms with E-state index in [4.69, 9.17) is 5.10 Å². The van der Waals surface area contributed by atoms with Gasteiger partial charge in [-0.05, 0) is 48.8 Å². The molecule has 3 aliphatic rings. The minimum Gasteiger partial charge on any atom is -0.481 e. The number of hydrogen-bond acceptors (Lipinski definition) is 4. The first-order valence-electron chi connectivity index (χ1n) is 12.3. The molecule has 35 heavy (non-hydrogen) atoms. The van der Waals surface area contributed by atoms with Crippen LogP contribution >= 0.6 is 15.9 Å². The fourth-order valence-corrected chi connectivity index (χ4v) is 6.28. The predicted molar refractivity (Wildman–Crippen MR) is 138 cm³/mol. The van der Waals surface area contributed by atoms with Gasteiger partial charge in [-0.25, -0.2) is 0 Å². The van der Waals surface area contributed by atoms with Gasteiger partial charge in [-0.2, -0.15) is 5.10 Å². The predicted octanol–water partition coefficient (Wildman–Crippen LogP) is 5.37. The average molecular weight is 542 g/mol. The molecular weight excluding hydrogens is 510 g/mol. The average Bonchev–Trinajstić information content (AvgIpc) is 3.43. The summed E-state index contributed by atoms with van der Waals surface area (Å²) in [5, 5.41) is 28.6. The third-order valence-corrected chi connectivity index (χ3v) is 8.73. The first kappa shape index (κ1) is 24.1. The second-order valence-electron chi connectivity index (χ2n) is 11.3. The van der Waals surface area contributed by atoms with Crippen LogP contribution in [-0.4, -0.2) is 50.0 Å². The zero-order valence-electron chi connectivity index (χ0n) is 20.6. The van der Waals surface area contributed by atoms with E-state index in [2.05, 4.69) is 32.6 Å². The summed E-state index contributed by atoms with van der Waals surface area (Å²) in [6.07, 6.45) is 6.21. The maximum atomic E-state index is 13.3. The van der Waals surface area contributed by atoms with Crippen LogP contribution in [0.3, 0.4) is 0 Å². The fourth-order valence-electron chi connectivity index (χ4n) is 5.93. The van der Waals surface area contributed by atoms with Crippen molar-refractivity contribution in [1.29, 1.82) is 0 Å². The van der Waals surface area contributed by atoms with Crippen molar-refractivity contribution in [3.63, 3.8) is 0 Å². The van der Waals surface area contributed by atoms with E-state index in [0.717, 1.165) is 40.5 Å². The molecule has 3 atom stereocenters. The first-order valence-corrected chi connectivity index (χ1v) is 13.0. The molecule has 0 radical (unpaired) electrons. The summed E-state index contributed by atoms with van der Waals surface area (Å²) in [5.41, 5.74) is -0.776. The number of carbonyl (C=O) groups is 2. The van der Waals surface area contributed by atoms with Crippen LogP contribution in [0.4, 0.5) is 0 Å². The molecule has 8 heteroatoms. The number of halogens is 1. The number of aromatic nitrogens is 1. The second kappa shape index (κ2) is 7.95. The Hall–Kier alpha value is -2.61. The lowest BCUT2D eigenvalue weighted by Gasteiger charge is -2.46. The van der Waals surface area contributed by atoms with Crippen LogP contribution in [0.1, 0.15) is 52.7 Å². The number of nitrogens with zero attached hydrogens (tertiary/aromatic N) is 3. The number of carboxylic acid groups (broad SMARTS) is 2. The van der Waals surface area contributed by atoms with Crippen molar-refractivity contribution in [1.82, 2.24) is 9.58 Å². The Bertz CT molecular complexity index is 1290. The standard InChI is InChI=1S/C27H32BrN3O4/c1-5-26(23(32)33)11-10-21-27(24(34)35,25(2,3)4)22(29-31(21)15-26)20-12-17-8-9-18(28)13-19(17)30(20)14-16-6-7-16/h8-13,16,21H,5-7,14-15H2,1-4H3,(H,32,33)(H,34,35). The van der Waals surface area contributed by atoms with Crippen LogP contribution in [0.5, 0.6) is 0 Å². The summed E-state index contributed by atoms with van der Waals surface area (Å²) in [6, 6.07) is 7.59. The van der Waals surface area contributed by atoms with Gasteiger partial charge in [-0.1, -0.05) is 61.8 Å². The Morgan fingerprint density at radius 2 is 1.89 bits per heavy atom. The lowest BCUT2D eigenvalue weighted by atomic mass is 9.58. The molecule has 0 saturated heterocycles. The summed E-state index contributed by atoms with van der Waals surface area (Å²) in [7, 11) is 0. The van der Waals surface area contributed by atoms with E-state index in [1.165, 1.54) is 0 Å². The molecule has 2 N–H and O–H groups in total. The first-order chi connectivity index (χ1) is 16.4. The van der Waals surface area contributed by atoms with Crippen molar-refractivity contribution < 1.29 is 19.8 Å². The molecule has 2 aliphatic heterocycles. The van der Waals surface area contributed by atoms with Crippen LogP contribution in [0.25, 0.3) is 10.9 Å². The van der Waals surface area contributed by atoms with Crippen molar-refractivity contribution in [3.05, 3.63) is 46.6 Å². The maximum Gasteiger partial charge on any atom is 0.318 e. The highest BCUT2D eigenvalue weighted by Crippen LogP contribution is 2.53. The Balaban J connectivity index is 1.77. The van der Waals surface area contributed by atoms with E-state index in [1.807, 2.05) is 39.8 Å². The lowest BCUT2D eigenvalue weighted by molar-refractivity contribution is -0.154. The van der Waals surface area contributed by atoms with Crippen molar-refractivity contribution in [2.75, 3.05) is 6.54 Å². The van der Waals surface area contributed by atoms with E-state index < -0.39 is 34.2 Å². The summed E-state index contributed by atoms with van der Waals surface area (Å²) < 4.78 is 3.20. The van der Waals surface area contributed by atoms with E-state index in [9.17, 15) is 19.8 Å². The molecule has 7 nitrogen and oxygen atoms in total.